The first-order valence-electron chi connectivity index (χ1n) is 8.99. The number of rotatable bonds is 4. The number of hydrogen-bond donors (Lipinski definition) is 0. The predicted octanol–water partition coefficient (Wildman–Crippen LogP) is 1.31. The highest BCUT2D eigenvalue weighted by atomic mass is 32.2. The summed E-state index contributed by atoms with van der Waals surface area (Å²) in [6.07, 6.45) is 2.31. The molecule has 2 saturated heterocycles. The lowest BCUT2D eigenvalue weighted by Crippen LogP contribution is -2.54. The van der Waals surface area contributed by atoms with Gasteiger partial charge in [-0.1, -0.05) is 17.7 Å². The summed E-state index contributed by atoms with van der Waals surface area (Å²) >= 11 is 0. The summed E-state index contributed by atoms with van der Waals surface area (Å²) < 4.78 is 27.0. The average molecular weight is 365 g/mol. The Kier molecular flexibility index (Phi) is 5.46. The van der Waals surface area contributed by atoms with Crippen LogP contribution in [0.1, 0.15) is 25.3 Å². The van der Waals surface area contributed by atoms with Gasteiger partial charge in [-0.15, -0.1) is 0 Å². The maximum Gasteiger partial charge on any atom is 0.243 e. The van der Waals surface area contributed by atoms with Crippen LogP contribution in [-0.4, -0.2) is 73.7 Å². The van der Waals surface area contributed by atoms with Crippen molar-refractivity contribution in [2.75, 3.05) is 39.3 Å². The Labute approximate surface area is 150 Å². The minimum Gasteiger partial charge on any atom is -0.339 e. The highest BCUT2D eigenvalue weighted by Crippen LogP contribution is 2.19. The van der Waals surface area contributed by atoms with Gasteiger partial charge >= 0.3 is 0 Å². The number of likely N-dealkylation sites (tertiary alicyclic amines) is 1. The molecule has 1 unspecified atom stereocenters. The quantitative estimate of drug-likeness (QED) is 0.807. The van der Waals surface area contributed by atoms with Crippen LogP contribution in [0, 0.1) is 6.92 Å². The molecule has 0 bridgehead atoms. The van der Waals surface area contributed by atoms with E-state index in [1.165, 1.54) is 4.31 Å². The van der Waals surface area contributed by atoms with Crippen molar-refractivity contribution < 1.29 is 13.2 Å². The fourth-order valence-corrected chi connectivity index (χ4v) is 4.98. The Morgan fingerprint density at radius 1 is 0.960 bits per heavy atom. The molecule has 3 rings (SSSR count). The average Bonchev–Trinajstić information content (AvgIpc) is 3.15. The minimum atomic E-state index is -3.48. The number of hydrogen-bond acceptors (Lipinski definition) is 4. The molecule has 0 radical (unpaired) electrons. The van der Waals surface area contributed by atoms with Crippen molar-refractivity contribution in [3.63, 3.8) is 0 Å². The molecule has 2 heterocycles. The van der Waals surface area contributed by atoms with Crippen molar-refractivity contribution in [1.82, 2.24) is 14.1 Å². The van der Waals surface area contributed by atoms with Gasteiger partial charge in [0.2, 0.25) is 15.9 Å². The van der Waals surface area contributed by atoms with Gasteiger partial charge in [0.15, 0.2) is 0 Å². The first kappa shape index (κ1) is 18.4. The third-order valence-electron chi connectivity index (χ3n) is 5.25. The summed E-state index contributed by atoms with van der Waals surface area (Å²) in [5, 5.41) is 0. The summed E-state index contributed by atoms with van der Waals surface area (Å²) in [5.74, 6) is 0.120. The maximum absolute atomic E-state index is 12.7. The number of amides is 1. The van der Waals surface area contributed by atoms with Crippen LogP contribution in [0.5, 0.6) is 0 Å². The first-order chi connectivity index (χ1) is 11.9. The summed E-state index contributed by atoms with van der Waals surface area (Å²) in [6.45, 7) is 7.49. The highest BCUT2D eigenvalue weighted by Gasteiger charge is 2.33. The monoisotopic (exact) mass is 365 g/mol. The van der Waals surface area contributed by atoms with Crippen LogP contribution in [0.15, 0.2) is 29.2 Å². The molecule has 2 aliphatic heterocycles. The summed E-state index contributed by atoms with van der Waals surface area (Å²) in [4.78, 5) is 17.0. The summed E-state index contributed by atoms with van der Waals surface area (Å²) in [7, 11) is -3.48. The number of aryl methyl sites for hydroxylation is 1. The Hall–Kier alpha value is -1.44. The van der Waals surface area contributed by atoms with Gasteiger partial charge < -0.3 is 4.90 Å². The Morgan fingerprint density at radius 2 is 1.52 bits per heavy atom. The molecule has 138 valence electrons. The topological polar surface area (TPSA) is 60.9 Å². The second-order valence-corrected chi connectivity index (χ2v) is 8.90. The Bertz CT molecular complexity index is 704. The van der Waals surface area contributed by atoms with E-state index in [0.717, 1.165) is 31.5 Å². The zero-order chi connectivity index (χ0) is 18.0. The van der Waals surface area contributed by atoms with E-state index < -0.39 is 10.0 Å². The van der Waals surface area contributed by atoms with Crippen LogP contribution < -0.4 is 0 Å². The number of nitrogens with zero attached hydrogens (tertiary/aromatic N) is 3. The molecular formula is C18H27N3O3S. The fraction of sp³-hybridized carbons (Fsp3) is 0.611. The molecule has 0 aromatic heterocycles. The van der Waals surface area contributed by atoms with Gasteiger partial charge in [0.25, 0.3) is 0 Å². The van der Waals surface area contributed by atoms with Crippen molar-refractivity contribution in [2.24, 2.45) is 0 Å². The van der Waals surface area contributed by atoms with E-state index in [4.69, 9.17) is 0 Å². The number of sulfonamides is 1. The Balaban J connectivity index is 1.61. The second kappa shape index (κ2) is 7.43. The second-order valence-electron chi connectivity index (χ2n) is 6.96. The minimum absolute atomic E-state index is 0.109. The normalized spacial score (nSPS) is 21.4. The van der Waals surface area contributed by atoms with E-state index in [1.54, 1.807) is 12.1 Å². The first-order valence-corrected chi connectivity index (χ1v) is 10.4. The smallest absolute Gasteiger partial charge is 0.243 e. The van der Waals surface area contributed by atoms with Crippen LogP contribution in [0.3, 0.4) is 0 Å². The van der Waals surface area contributed by atoms with E-state index >= 15 is 0 Å². The third-order valence-corrected chi connectivity index (χ3v) is 7.17. The molecule has 2 fully saturated rings. The van der Waals surface area contributed by atoms with Gasteiger partial charge in [0.1, 0.15) is 0 Å². The van der Waals surface area contributed by atoms with E-state index in [1.807, 2.05) is 30.9 Å². The van der Waals surface area contributed by atoms with Crippen molar-refractivity contribution in [2.45, 2.75) is 37.6 Å². The molecule has 1 amide bonds. The van der Waals surface area contributed by atoms with Crippen molar-refractivity contribution in [1.29, 1.82) is 0 Å². The molecule has 2 aliphatic rings. The van der Waals surface area contributed by atoms with Gasteiger partial charge in [-0.2, -0.15) is 4.31 Å². The summed E-state index contributed by atoms with van der Waals surface area (Å²) in [6, 6.07) is 6.81. The van der Waals surface area contributed by atoms with Crippen LogP contribution in [0.4, 0.5) is 0 Å². The molecule has 6 nitrogen and oxygen atoms in total. The molecule has 1 aromatic carbocycles. The molecule has 0 N–H and O–H groups in total. The summed E-state index contributed by atoms with van der Waals surface area (Å²) in [5.41, 5.74) is 1.03. The van der Waals surface area contributed by atoms with Crippen molar-refractivity contribution in [3.8, 4) is 0 Å². The number of benzene rings is 1. The van der Waals surface area contributed by atoms with E-state index in [-0.39, 0.29) is 11.9 Å². The van der Waals surface area contributed by atoms with Crippen LogP contribution >= 0.6 is 0 Å². The number of piperazine rings is 1. The van der Waals surface area contributed by atoms with Gasteiger partial charge in [-0.3, -0.25) is 9.69 Å². The fourth-order valence-electron chi connectivity index (χ4n) is 3.56. The molecule has 0 spiro atoms. The molecule has 1 aromatic rings. The lowest BCUT2D eigenvalue weighted by Gasteiger charge is -2.36. The zero-order valence-electron chi connectivity index (χ0n) is 15.0. The van der Waals surface area contributed by atoms with Gasteiger partial charge in [0.05, 0.1) is 10.9 Å². The van der Waals surface area contributed by atoms with Crippen LogP contribution in [0.2, 0.25) is 0 Å². The van der Waals surface area contributed by atoms with E-state index in [0.29, 0.717) is 31.1 Å². The number of carbonyl (C=O) groups is 1. The lowest BCUT2D eigenvalue weighted by atomic mass is 10.2. The zero-order valence-corrected chi connectivity index (χ0v) is 15.8. The molecule has 0 aliphatic carbocycles. The third kappa shape index (κ3) is 3.88. The van der Waals surface area contributed by atoms with Gasteiger partial charge in [-0.05, 0) is 51.9 Å². The standard InChI is InChI=1S/C18H27N3O3S/c1-15-5-7-17(8-6-15)25(23,24)21-13-11-20(12-14-21)18(22)16(2)19-9-3-4-10-19/h5-8,16H,3-4,9-14H2,1-2H3. The SMILES string of the molecule is Cc1ccc(S(=O)(=O)N2CCN(C(=O)C(C)N3CCCC3)CC2)cc1. The molecule has 1 atom stereocenters. The highest BCUT2D eigenvalue weighted by molar-refractivity contribution is 7.89. The lowest BCUT2D eigenvalue weighted by molar-refractivity contribution is -0.137. The molecule has 25 heavy (non-hydrogen) atoms. The molecule has 7 heteroatoms. The van der Waals surface area contributed by atoms with E-state index in [2.05, 4.69) is 4.90 Å². The van der Waals surface area contributed by atoms with Gasteiger partial charge in [-0.25, -0.2) is 8.42 Å². The van der Waals surface area contributed by atoms with Crippen LogP contribution in [0.25, 0.3) is 0 Å². The molecular weight excluding hydrogens is 338 g/mol. The van der Waals surface area contributed by atoms with E-state index in [9.17, 15) is 13.2 Å². The largest absolute Gasteiger partial charge is 0.339 e. The van der Waals surface area contributed by atoms with Crippen molar-refractivity contribution in [3.05, 3.63) is 29.8 Å². The Morgan fingerprint density at radius 3 is 2.08 bits per heavy atom. The maximum atomic E-state index is 12.7. The predicted molar refractivity (Wildman–Crippen MR) is 96.8 cm³/mol. The van der Waals surface area contributed by atoms with Gasteiger partial charge in [0, 0.05) is 26.2 Å². The van der Waals surface area contributed by atoms with Crippen LogP contribution in [-0.2, 0) is 14.8 Å². The van der Waals surface area contributed by atoms with Crippen molar-refractivity contribution >= 4 is 15.9 Å². The number of carbonyl (C=O) groups excluding carboxylic acids is 1. The molecule has 0 saturated carbocycles.